The van der Waals surface area contributed by atoms with E-state index >= 15 is 0 Å². The molecule has 1 amide bonds. The number of hydrogen-bond acceptors (Lipinski definition) is 4. The number of nitrogens with one attached hydrogen (secondary N) is 1. The van der Waals surface area contributed by atoms with Crippen molar-refractivity contribution in [3.8, 4) is 0 Å². The van der Waals surface area contributed by atoms with E-state index in [2.05, 4.69) is 51.3 Å². The summed E-state index contributed by atoms with van der Waals surface area (Å²) in [4.78, 5) is 21.8. The Morgan fingerprint density at radius 3 is 2.68 bits per heavy atom. The number of piperidine rings is 1. The number of carbonyl (C=O) groups is 1. The highest BCUT2D eigenvalue weighted by molar-refractivity contribution is 5.82. The van der Waals surface area contributed by atoms with Crippen LogP contribution in [0.15, 0.2) is 30.6 Å². The third-order valence-corrected chi connectivity index (χ3v) is 5.66. The van der Waals surface area contributed by atoms with Crippen molar-refractivity contribution in [2.45, 2.75) is 44.7 Å². The van der Waals surface area contributed by atoms with Gasteiger partial charge in [-0.15, -0.1) is 0 Å². The van der Waals surface area contributed by atoms with Crippen LogP contribution in [0.5, 0.6) is 0 Å². The average molecular weight is 339 g/mol. The molecule has 3 heterocycles. The summed E-state index contributed by atoms with van der Waals surface area (Å²) in [5, 5.41) is 6.91. The fourth-order valence-corrected chi connectivity index (χ4v) is 4.15. The van der Waals surface area contributed by atoms with Gasteiger partial charge in [0, 0.05) is 25.6 Å². The second-order valence-electron chi connectivity index (χ2n) is 7.02. The zero-order valence-electron chi connectivity index (χ0n) is 14.7. The summed E-state index contributed by atoms with van der Waals surface area (Å²) in [5.41, 5.74) is 2.68. The van der Waals surface area contributed by atoms with Gasteiger partial charge < -0.3 is 4.90 Å². The summed E-state index contributed by atoms with van der Waals surface area (Å²) in [6.07, 6.45) is 4.29. The van der Waals surface area contributed by atoms with Gasteiger partial charge >= 0.3 is 0 Å². The van der Waals surface area contributed by atoms with Crippen LogP contribution in [-0.4, -0.2) is 56.6 Å². The third-order valence-electron chi connectivity index (χ3n) is 5.66. The molecule has 1 aromatic heterocycles. The van der Waals surface area contributed by atoms with Crippen LogP contribution in [0.3, 0.4) is 0 Å². The normalized spacial score (nSPS) is 22.0. The molecule has 1 atom stereocenters. The summed E-state index contributed by atoms with van der Waals surface area (Å²) in [6, 6.07) is 8.48. The van der Waals surface area contributed by atoms with Crippen LogP contribution in [0.25, 0.3) is 0 Å². The molecule has 132 valence electrons. The van der Waals surface area contributed by atoms with Crippen molar-refractivity contribution in [3.05, 3.63) is 47.5 Å². The van der Waals surface area contributed by atoms with E-state index in [1.54, 1.807) is 6.33 Å². The Bertz CT molecular complexity index is 721. The molecule has 25 heavy (non-hydrogen) atoms. The van der Waals surface area contributed by atoms with E-state index in [9.17, 15) is 4.79 Å². The number of rotatable bonds is 3. The first-order chi connectivity index (χ1) is 12.3. The zero-order valence-corrected chi connectivity index (χ0v) is 14.7. The van der Waals surface area contributed by atoms with Crippen molar-refractivity contribution in [1.29, 1.82) is 0 Å². The van der Waals surface area contributed by atoms with Crippen molar-refractivity contribution in [3.63, 3.8) is 0 Å². The summed E-state index contributed by atoms with van der Waals surface area (Å²) in [5.74, 6) is 1.63. The maximum atomic E-state index is 13.2. The van der Waals surface area contributed by atoms with E-state index in [1.807, 2.05) is 4.90 Å². The SMILES string of the molecule is CCN1Cc2ccccc2CC1C(=O)N1CCC(c2ncn[nH]2)CC1. The number of H-pyrrole nitrogens is 1. The van der Waals surface area contributed by atoms with Gasteiger partial charge in [0.05, 0.1) is 6.04 Å². The number of carbonyl (C=O) groups excluding carboxylic acids is 1. The first kappa shape index (κ1) is 16.3. The minimum Gasteiger partial charge on any atom is -0.341 e. The van der Waals surface area contributed by atoms with Crippen molar-refractivity contribution >= 4 is 5.91 Å². The lowest BCUT2D eigenvalue weighted by atomic mass is 9.91. The van der Waals surface area contributed by atoms with Gasteiger partial charge in [-0.2, -0.15) is 5.10 Å². The fraction of sp³-hybridized carbons (Fsp3) is 0.526. The number of amides is 1. The lowest BCUT2D eigenvalue weighted by Gasteiger charge is -2.40. The number of nitrogens with zero attached hydrogens (tertiary/aromatic N) is 4. The lowest BCUT2D eigenvalue weighted by Crippen LogP contribution is -2.53. The fourth-order valence-electron chi connectivity index (χ4n) is 4.15. The van der Waals surface area contributed by atoms with Crippen LogP contribution < -0.4 is 0 Å². The second kappa shape index (κ2) is 6.96. The molecule has 0 bridgehead atoms. The van der Waals surface area contributed by atoms with Gasteiger partial charge in [0.2, 0.25) is 5.91 Å². The highest BCUT2D eigenvalue weighted by Crippen LogP contribution is 2.28. The number of likely N-dealkylation sites (tertiary alicyclic amines) is 1. The smallest absolute Gasteiger partial charge is 0.240 e. The number of aromatic amines is 1. The van der Waals surface area contributed by atoms with Gasteiger partial charge in [0.1, 0.15) is 12.2 Å². The van der Waals surface area contributed by atoms with E-state index in [0.717, 1.165) is 51.3 Å². The second-order valence-corrected chi connectivity index (χ2v) is 7.02. The molecule has 0 aliphatic carbocycles. The van der Waals surface area contributed by atoms with E-state index < -0.39 is 0 Å². The van der Waals surface area contributed by atoms with Crippen molar-refractivity contribution in [2.24, 2.45) is 0 Å². The Morgan fingerprint density at radius 2 is 2.00 bits per heavy atom. The maximum absolute atomic E-state index is 13.2. The minimum atomic E-state index is -0.0262. The minimum absolute atomic E-state index is 0.0262. The van der Waals surface area contributed by atoms with Gasteiger partial charge in [0.25, 0.3) is 0 Å². The molecule has 1 unspecified atom stereocenters. The number of hydrogen-bond donors (Lipinski definition) is 1. The topological polar surface area (TPSA) is 65.1 Å². The molecule has 1 saturated heterocycles. The van der Waals surface area contributed by atoms with Crippen LogP contribution in [0.2, 0.25) is 0 Å². The predicted molar refractivity (Wildman–Crippen MR) is 95.0 cm³/mol. The van der Waals surface area contributed by atoms with Crippen LogP contribution in [0.4, 0.5) is 0 Å². The molecule has 1 N–H and O–H groups in total. The summed E-state index contributed by atoms with van der Waals surface area (Å²) in [7, 11) is 0. The third kappa shape index (κ3) is 3.18. The highest BCUT2D eigenvalue weighted by atomic mass is 16.2. The van der Waals surface area contributed by atoms with Gasteiger partial charge in [-0.25, -0.2) is 4.98 Å². The summed E-state index contributed by atoms with van der Waals surface area (Å²) >= 11 is 0. The van der Waals surface area contributed by atoms with Crippen LogP contribution in [0.1, 0.15) is 42.6 Å². The standard InChI is InChI=1S/C19H25N5O/c1-2-23-12-16-6-4-3-5-15(16)11-17(23)19(25)24-9-7-14(8-10-24)18-20-13-21-22-18/h3-6,13-14,17H,2,7-12H2,1H3,(H,20,21,22). The molecule has 0 spiro atoms. The molecule has 2 aliphatic heterocycles. The monoisotopic (exact) mass is 339 g/mol. The molecule has 2 aliphatic rings. The van der Waals surface area contributed by atoms with Crippen LogP contribution in [-0.2, 0) is 17.8 Å². The Labute approximate surface area is 148 Å². The van der Waals surface area contributed by atoms with E-state index in [0.29, 0.717) is 5.92 Å². The molecule has 6 nitrogen and oxygen atoms in total. The van der Waals surface area contributed by atoms with Crippen molar-refractivity contribution < 1.29 is 4.79 Å². The molecule has 1 aromatic carbocycles. The van der Waals surface area contributed by atoms with Gasteiger partial charge in [0.15, 0.2) is 0 Å². The average Bonchev–Trinajstić information content (AvgIpc) is 3.21. The summed E-state index contributed by atoms with van der Waals surface area (Å²) in [6.45, 7) is 5.53. The van der Waals surface area contributed by atoms with E-state index in [1.165, 1.54) is 11.1 Å². The molecule has 1 fully saturated rings. The molecule has 0 radical (unpaired) electrons. The van der Waals surface area contributed by atoms with Gasteiger partial charge in [-0.05, 0) is 36.9 Å². The van der Waals surface area contributed by atoms with E-state index in [-0.39, 0.29) is 11.9 Å². The number of likely N-dealkylation sites (N-methyl/N-ethyl adjacent to an activating group) is 1. The molecule has 0 saturated carbocycles. The zero-order chi connectivity index (χ0) is 17.2. The first-order valence-corrected chi connectivity index (χ1v) is 9.21. The van der Waals surface area contributed by atoms with Gasteiger partial charge in [-0.1, -0.05) is 31.2 Å². The lowest BCUT2D eigenvalue weighted by molar-refractivity contribution is -0.138. The quantitative estimate of drug-likeness (QED) is 0.928. The Morgan fingerprint density at radius 1 is 1.24 bits per heavy atom. The Balaban J connectivity index is 1.44. The van der Waals surface area contributed by atoms with Crippen LogP contribution in [0, 0.1) is 0 Å². The number of benzene rings is 1. The number of fused-ring (bicyclic) bond motifs is 1. The molecule has 6 heteroatoms. The molecule has 2 aromatic rings. The van der Waals surface area contributed by atoms with Gasteiger partial charge in [-0.3, -0.25) is 14.8 Å². The molecular formula is C19H25N5O. The highest BCUT2D eigenvalue weighted by Gasteiger charge is 2.35. The van der Waals surface area contributed by atoms with Crippen molar-refractivity contribution in [1.82, 2.24) is 25.0 Å². The molecule has 4 rings (SSSR count). The Kier molecular flexibility index (Phi) is 4.53. The first-order valence-electron chi connectivity index (χ1n) is 9.21. The largest absolute Gasteiger partial charge is 0.341 e. The predicted octanol–water partition coefficient (Wildman–Crippen LogP) is 1.96. The number of aromatic nitrogens is 3. The van der Waals surface area contributed by atoms with E-state index in [4.69, 9.17) is 0 Å². The van der Waals surface area contributed by atoms with Crippen LogP contribution >= 0.6 is 0 Å². The Hall–Kier alpha value is -2.21. The maximum Gasteiger partial charge on any atom is 0.240 e. The van der Waals surface area contributed by atoms with Crippen molar-refractivity contribution in [2.75, 3.05) is 19.6 Å². The summed E-state index contributed by atoms with van der Waals surface area (Å²) < 4.78 is 0. The molecular weight excluding hydrogens is 314 g/mol.